The number of anilines is 2. The molecule has 0 saturated heterocycles. The molecule has 2 aromatic carbocycles. The van der Waals surface area contributed by atoms with Crippen molar-refractivity contribution in [2.45, 2.75) is 38.4 Å². The van der Waals surface area contributed by atoms with E-state index in [9.17, 15) is 22.0 Å². The number of hydrogen-bond acceptors (Lipinski definition) is 7. The van der Waals surface area contributed by atoms with Gasteiger partial charge in [-0.1, -0.05) is 0 Å². The molecule has 12 heteroatoms. The molecule has 3 aromatic rings. The molecule has 1 aromatic heterocycles. The molecule has 7 nitrogen and oxygen atoms in total. The zero-order chi connectivity index (χ0) is 27.8. The number of nitrogens with one attached hydrogen (secondary N) is 1. The highest BCUT2D eigenvalue weighted by Gasteiger charge is 2.56. The SMILES string of the molecule is COc1cc2nc(C)nc(N[C@H](C)c3cc(N)cc(C(F)(F)F)c3)c2cc1OCCN(C)CC1CC1(F)F. The first-order chi connectivity index (χ1) is 17.8. The van der Waals surface area contributed by atoms with Gasteiger partial charge in [0.2, 0.25) is 0 Å². The first kappa shape index (κ1) is 27.6. The Morgan fingerprint density at radius 1 is 1.16 bits per heavy atom. The van der Waals surface area contributed by atoms with Gasteiger partial charge in [0.05, 0.1) is 24.2 Å². The van der Waals surface area contributed by atoms with Crippen LogP contribution in [0.25, 0.3) is 10.9 Å². The number of ether oxygens (including phenoxy) is 2. The van der Waals surface area contributed by atoms with Gasteiger partial charge in [-0.3, -0.25) is 0 Å². The number of likely N-dealkylation sites (N-methyl/N-ethyl adjacent to an activating group) is 1. The molecule has 1 heterocycles. The van der Waals surface area contributed by atoms with Crippen molar-refractivity contribution >= 4 is 22.4 Å². The van der Waals surface area contributed by atoms with Crippen LogP contribution in [0.5, 0.6) is 11.5 Å². The molecule has 0 radical (unpaired) electrons. The van der Waals surface area contributed by atoms with Gasteiger partial charge in [-0.05, 0) is 50.7 Å². The molecule has 206 valence electrons. The Labute approximate surface area is 217 Å². The van der Waals surface area contributed by atoms with E-state index < -0.39 is 29.6 Å². The quantitative estimate of drug-likeness (QED) is 0.253. The lowest BCUT2D eigenvalue weighted by molar-refractivity contribution is -0.137. The number of aryl methyl sites for hydroxylation is 1. The highest BCUT2D eigenvalue weighted by Crippen LogP contribution is 2.48. The number of aromatic nitrogens is 2. The second-order valence-electron chi connectivity index (χ2n) is 9.66. The van der Waals surface area contributed by atoms with Crippen LogP contribution >= 0.6 is 0 Å². The third-order valence-electron chi connectivity index (χ3n) is 6.47. The smallest absolute Gasteiger partial charge is 0.416 e. The van der Waals surface area contributed by atoms with Crippen LogP contribution in [0.15, 0.2) is 30.3 Å². The summed E-state index contributed by atoms with van der Waals surface area (Å²) in [5.41, 5.74) is 5.80. The third kappa shape index (κ3) is 6.35. The van der Waals surface area contributed by atoms with E-state index in [0.717, 1.165) is 12.1 Å². The van der Waals surface area contributed by atoms with E-state index in [0.29, 0.717) is 46.2 Å². The molecule has 0 aliphatic heterocycles. The van der Waals surface area contributed by atoms with Gasteiger partial charge >= 0.3 is 6.18 Å². The van der Waals surface area contributed by atoms with Crippen molar-refractivity contribution in [1.29, 1.82) is 0 Å². The Kier molecular flexibility index (Phi) is 7.55. The van der Waals surface area contributed by atoms with Crippen LogP contribution in [0.2, 0.25) is 0 Å². The number of methoxy groups -OCH3 is 1. The molecule has 0 amide bonds. The summed E-state index contributed by atoms with van der Waals surface area (Å²) in [7, 11) is 3.25. The maximum Gasteiger partial charge on any atom is 0.416 e. The van der Waals surface area contributed by atoms with Gasteiger partial charge < -0.3 is 25.4 Å². The van der Waals surface area contributed by atoms with E-state index in [2.05, 4.69) is 15.3 Å². The molecule has 1 saturated carbocycles. The number of halogens is 5. The Morgan fingerprint density at radius 3 is 2.50 bits per heavy atom. The lowest BCUT2D eigenvalue weighted by Gasteiger charge is -2.20. The average Bonchev–Trinajstić information content (AvgIpc) is 3.42. The standard InChI is InChI=1S/C26H30F5N5O2/c1-14(16-7-17(26(29,30)31)9-19(32)8-16)33-24-20-10-23(22(37-4)11-21(20)34-15(2)35-24)38-6-5-36(3)13-18-12-25(18,27)28/h7-11,14,18H,5-6,12-13,32H2,1-4H3,(H,33,34,35)/t14-,18?/m1/s1. The lowest BCUT2D eigenvalue weighted by atomic mass is 10.0. The molecule has 3 N–H and O–H groups in total. The number of alkyl halides is 5. The summed E-state index contributed by atoms with van der Waals surface area (Å²) in [6.45, 7) is 4.35. The number of nitrogen functional groups attached to an aromatic ring is 1. The maximum atomic E-state index is 13.3. The van der Waals surface area contributed by atoms with E-state index in [1.807, 2.05) is 0 Å². The van der Waals surface area contributed by atoms with Gasteiger partial charge in [0.15, 0.2) is 11.5 Å². The van der Waals surface area contributed by atoms with Gasteiger partial charge in [-0.15, -0.1) is 0 Å². The van der Waals surface area contributed by atoms with Crippen molar-refractivity contribution in [2.24, 2.45) is 5.92 Å². The monoisotopic (exact) mass is 539 g/mol. The van der Waals surface area contributed by atoms with Gasteiger partial charge in [0, 0.05) is 42.6 Å². The number of nitrogens with zero attached hydrogens (tertiary/aromatic N) is 3. The highest BCUT2D eigenvalue weighted by molar-refractivity contribution is 5.92. The van der Waals surface area contributed by atoms with Crippen molar-refractivity contribution in [3.05, 3.63) is 47.3 Å². The first-order valence-corrected chi connectivity index (χ1v) is 12.1. The number of benzene rings is 2. The van der Waals surface area contributed by atoms with Crippen LogP contribution in [0.3, 0.4) is 0 Å². The fourth-order valence-corrected chi connectivity index (χ4v) is 4.26. The predicted octanol–water partition coefficient (Wildman–Crippen LogP) is 5.69. The van der Waals surface area contributed by atoms with Crippen LogP contribution < -0.4 is 20.5 Å². The van der Waals surface area contributed by atoms with Gasteiger partial charge in [0.1, 0.15) is 18.2 Å². The van der Waals surface area contributed by atoms with E-state index in [1.165, 1.54) is 13.2 Å². The van der Waals surface area contributed by atoms with Gasteiger partial charge in [0.25, 0.3) is 5.92 Å². The number of hydrogen-bond donors (Lipinski definition) is 2. The number of rotatable bonds is 10. The minimum atomic E-state index is -4.53. The zero-order valence-electron chi connectivity index (χ0n) is 21.5. The Balaban J connectivity index is 1.56. The van der Waals surface area contributed by atoms with Crippen LogP contribution in [-0.2, 0) is 6.18 Å². The molecule has 2 atom stereocenters. The van der Waals surface area contributed by atoms with Crippen molar-refractivity contribution in [3.63, 3.8) is 0 Å². The molecule has 4 rings (SSSR count). The van der Waals surface area contributed by atoms with Crippen molar-refractivity contribution in [2.75, 3.05) is 44.9 Å². The number of fused-ring (bicyclic) bond motifs is 1. The van der Waals surface area contributed by atoms with Crippen LogP contribution in [0.1, 0.15) is 36.3 Å². The van der Waals surface area contributed by atoms with E-state index >= 15 is 0 Å². The molecular weight excluding hydrogens is 509 g/mol. The predicted molar refractivity (Wildman–Crippen MR) is 135 cm³/mol. The normalized spacial score (nSPS) is 17.5. The van der Waals surface area contributed by atoms with Gasteiger partial charge in [-0.25, -0.2) is 18.7 Å². The van der Waals surface area contributed by atoms with Crippen molar-refractivity contribution < 1.29 is 31.4 Å². The summed E-state index contributed by atoms with van der Waals surface area (Å²) in [6.07, 6.45) is -4.62. The fraction of sp³-hybridized carbons (Fsp3) is 0.462. The summed E-state index contributed by atoms with van der Waals surface area (Å²) in [5.74, 6) is -1.52. The summed E-state index contributed by atoms with van der Waals surface area (Å²) < 4.78 is 77.7. The lowest BCUT2D eigenvalue weighted by Crippen LogP contribution is -2.27. The molecule has 0 spiro atoms. The molecule has 1 fully saturated rings. The van der Waals surface area contributed by atoms with E-state index in [-0.39, 0.29) is 25.3 Å². The maximum absolute atomic E-state index is 13.3. The van der Waals surface area contributed by atoms with Crippen molar-refractivity contribution in [1.82, 2.24) is 14.9 Å². The summed E-state index contributed by atoms with van der Waals surface area (Å²) in [5, 5.41) is 3.75. The Bertz CT molecular complexity index is 1320. The molecule has 1 aliphatic rings. The fourth-order valence-electron chi connectivity index (χ4n) is 4.26. The minimum Gasteiger partial charge on any atom is -0.493 e. The summed E-state index contributed by atoms with van der Waals surface area (Å²) in [4.78, 5) is 10.7. The van der Waals surface area contributed by atoms with Gasteiger partial charge in [-0.2, -0.15) is 13.2 Å². The third-order valence-corrected chi connectivity index (χ3v) is 6.47. The van der Waals surface area contributed by atoms with E-state index in [4.69, 9.17) is 15.2 Å². The molecule has 1 aliphatic carbocycles. The second kappa shape index (κ2) is 10.4. The minimum absolute atomic E-state index is 0.00277. The Morgan fingerprint density at radius 2 is 1.87 bits per heavy atom. The number of nitrogens with two attached hydrogens (primary N) is 1. The largest absolute Gasteiger partial charge is 0.493 e. The summed E-state index contributed by atoms with van der Waals surface area (Å²) in [6, 6.07) is 6.23. The Hall–Kier alpha value is -3.41. The van der Waals surface area contributed by atoms with E-state index in [1.54, 1.807) is 37.9 Å². The summed E-state index contributed by atoms with van der Waals surface area (Å²) >= 11 is 0. The molecule has 38 heavy (non-hydrogen) atoms. The zero-order valence-corrected chi connectivity index (χ0v) is 21.5. The molecule has 1 unspecified atom stereocenters. The average molecular weight is 540 g/mol. The van der Waals surface area contributed by atoms with Crippen LogP contribution in [0, 0.1) is 12.8 Å². The molecule has 0 bridgehead atoms. The highest BCUT2D eigenvalue weighted by atomic mass is 19.4. The van der Waals surface area contributed by atoms with Crippen LogP contribution in [0.4, 0.5) is 33.5 Å². The van der Waals surface area contributed by atoms with Crippen molar-refractivity contribution in [3.8, 4) is 11.5 Å². The topological polar surface area (TPSA) is 85.5 Å². The second-order valence-corrected chi connectivity index (χ2v) is 9.66. The molecular formula is C26H30F5N5O2. The first-order valence-electron chi connectivity index (χ1n) is 12.1. The van der Waals surface area contributed by atoms with Crippen LogP contribution in [-0.4, -0.2) is 54.6 Å².